The predicted octanol–water partition coefficient (Wildman–Crippen LogP) is 0.796. The number of hydrogen-bond acceptors (Lipinski definition) is 3. The van der Waals surface area contributed by atoms with Crippen LogP contribution in [0, 0.1) is 13.8 Å². The Morgan fingerprint density at radius 3 is 2.56 bits per heavy atom. The fourth-order valence-electron chi connectivity index (χ4n) is 1.72. The number of carbonyl (C=O) groups is 2. The molecule has 6 heteroatoms. The molecule has 1 heterocycles. The van der Waals surface area contributed by atoms with Crippen LogP contribution in [0.4, 0.5) is 0 Å². The minimum Gasteiger partial charge on any atom is -0.480 e. The molecule has 1 amide bonds. The fraction of sp³-hybridized carbons (Fsp3) is 0.417. The van der Waals surface area contributed by atoms with Crippen molar-refractivity contribution in [3.05, 3.63) is 29.6 Å². The first kappa shape index (κ1) is 14.0. The molecule has 6 nitrogen and oxygen atoms in total. The van der Waals surface area contributed by atoms with Crippen molar-refractivity contribution in [1.82, 2.24) is 15.1 Å². The molecule has 0 spiro atoms. The lowest BCUT2D eigenvalue weighted by Crippen LogP contribution is -2.40. The lowest BCUT2D eigenvalue weighted by Gasteiger charge is -2.12. The summed E-state index contributed by atoms with van der Waals surface area (Å²) in [5, 5.41) is 15.5. The summed E-state index contributed by atoms with van der Waals surface area (Å²) in [6, 6.07) is -0.964. The first-order valence-electron chi connectivity index (χ1n) is 5.53. The summed E-state index contributed by atoms with van der Waals surface area (Å²) in [4.78, 5) is 23.0. The van der Waals surface area contributed by atoms with Gasteiger partial charge in [0.05, 0.1) is 11.3 Å². The fourth-order valence-corrected chi connectivity index (χ4v) is 1.72. The van der Waals surface area contributed by atoms with E-state index in [9.17, 15) is 9.59 Å². The molecule has 0 bridgehead atoms. The van der Waals surface area contributed by atoms with Gasteiger partial charge in [0.15, 0.2) is 0 Å². The summed E-state index contributed by atoms with van der Waals surface area (Å²) in [5.74, 6) is -1.50. The third-order valence-electron chi connectivity index (χ3n) is 2.74. The van der Waals surface area contributed by atoms with Crippen LogP contribution in [0.1, 0.15) is 28.2 Å². The van der Waals surface area contributed by atoms with Crippen LogP contribution < -0.4 is 5.32 Å². The van der Waals surface area contributed by atoms with Crippen LogP contribution in [0.2, 0.25) is 0 Å². The number of amides is 1. The molecule has 0 aliphatic rings. The molecule has 0 aliphatic heterocycles. The highest BCUT2D eigenvalue weighted by Gasteiger charge is 2.23. The Bertz CT molecular complexity index is 491. The normalized spacial score (nSPS) is 11.9. The maximum atomic E-state index is 12.0. The van der Waals surface area contributed by atoms with Crippen molar-refractivity contribution >= 4 is 11.9 Å². The molecule has 1 aromatic heterocycles. The Labute approximate surface area is 105 Å². The largest absolute Gasteiger partial charge is 0.480 e. The quantitative estimate of drug-likeness (QED) is 0.758. The maximum Gasteiger partial charge on any atom is 0.326 e. The van der Waals surface area contributed by atoms with Crippen molar-refractivity contribution in [2.75, 3.05) is 0 Å². The van der Waals surface area contributed by atoms with Gasteiger partial charge in [0, 0.05) is 12.7 Å². The van der Waals surface area contributed by atoms with E-state index in [-0.39, 0.29) is 6.42 Å². The molecule has 0 saturated heterocycles. The lowest BCUT2D eigenvalue weighted by molar-refractivity contribution is -0.139. The lowest BCUT2D eigenvalue weighted by atomic mass is 10.1. The predicted molar refractivity (Wildman–Crippen MR) is 66.4 cm³/mol. The van der Waals surface area contributed by atoms with Crippen molar-refractivity contribution < 1.29 is 14.7 Å². The zero-order valence-corrected chi connectivity index (χ0v) is 10.7. The number of hydrogen-bond donors (Lipinski definition) is 2. The third kappa shape index (κ3) is 2.77. The highest BCUT2D eigenvalue weighted by molar-refractivity contribution is 5.98. The van der Waals surface area contributed by atoms with Gasteiger partial charge in [-0.1, -0.05) is 6.08 Å². The average molecular weight is 251 g/mol. The molecule has 98 valence electrons. The number of carboxylic acid groups (broad SMARTS) is 1. The molecule has 2 N–H and O–H groups in total. The van der Waals surface area contributed by atoms with Gasteiger partial charge < -0.3 is 10.4 Å². The second kappa shape index (κ2) is 5.48. The number of aliphatic carboxylic acids is 1. The van der Waals surface area contributed by atoms with Crippen molar-refractivity contribution in [3.8, 4) is 0 Å². The van der Waals surface area contributed by atoms with Crippen LogP contribution in [0.25, 0.3) is 0 Å². The van der Waals surface area contributed by atoms with Gasteiger partial charge in [-0.3, -0.25) is 9.48 Å². The number of aromatic nitrogens is 2. The number of nitrogens with zero attached hydrogens (tertiary/aromatic N) is 2. The van der Waals surface area contributed by atoms with Crippen LogP contribution in [-0.2, 0) is 11.8 Å². The van der Waals surface area contributed by atoms with Gasteiger partial charge in [-0.25, -0.2) is 4.79 Å². The van der Waals surface area contributed by atoms with Crippen LogP contribution >= 0.6 is 0 Å². The average Bonchev–Trinajstić information content (AvgIpc) is 2.52. The minimum absolute atomic E-state index is 0.180. The number of aryl methyl sites for hydroxylation is 2. The number of carbonyl (C=O) groups excluding carboxylic acids is 1. The molecule has 18 heavy (non-hydrogen) atoms. The van der Waals surface area contributed by atoms with E-state index < -0.39 is 17.9 Å². The van der Waals surface area contributed by atoms with Crippen molar-refractivity contribution in [1.29, 1.82) is 0 Å². The van der Waals surface area contributed by atoms with E-state index in [1.165, 1.54) is 6.08 Å². The Morgan fingerprint density at radius 1 is 1.56 bits per heavy atom. The van der Waals surface area contributed by atoms with Crippen molar-refractivity contribution in [2.24, 2.45) is 7.05 Å². The molecule has 0 saturated carbocycles. The molecule has 1 rings (SSSR count). The Morgan fingerprint density at radius 2 is 2.17 bits per heavy atom. The molecule has 0 aliphatic carbocycles. The smallest absolute Gasteiger partial charge is 0.326 e. The molecule has 1 atom stereocenters. The van der Waals surface area contributed by atoms with E-state index in [1.54, 1.807) is 25.6 Å². The standard InChI is InChI=1S/C12H17N3O3/c1-5-6-9(12(17)18)13-11(16)10-7(2)14-15(4)8(10)3/h5,9H,1,6H2,2-4H3,(H,13,16)(H,17,18). The van der Waals surface area contributed by atoms with E-state index in [0.717, 1.165) is 0 Å². The molecular weight excluding hydrogens is 234 g/mol. The Kier molecular flexibility index (Phi) is 4.25. The summed E-state index contributed by atoms with van der Waals surface area (Å²) in [6.07, 6.45) is 1.64. The molecule has 1 aromatic rings. The highest BCUT2D eigenvalue weighted by atomic mass is 16.4. The summed E-state index contributed by atoms with van der Waals surface area (Å²) < 4.78 is 1.59. The summed E-state index contributed by atoms with van der Waals surface area (Å²) >= 11 is 0. The molecular formula is C12H17N3O3. The first-order valence-corrected chi connectivity index (χ1v) is 5.53. The Balaban J connectivity index is 2.93. The number of rotatable bonds is 5. The summed E-state index contributed by atoms with van der Waals surface area (Å²) in [6.45, 7) is 6.95. The molecule has 0 fully saturated rings. The van der Waals surface area contributed by atoms with Gasteiger partial charge in [0.2, 0.25) is 0 Å². The van der Waals surface area contributed by atoms with Crippen LogP contribution in [0.15, 0.2) is 12.7 Å². The topological polar surface area (TPSA) is 84.2 Å². The number of carboxylic acids is 1. The second-order valence-electron chi connectivity index (χ2n) is 4.06. The van der Waals surface area contributed by atoms with Crippen LogP contribution in [0.3, 0.4) is 0 Å². The molecule has 1 unspecified atom stereocenters. The first-order chi connectivity index (χ1) is 8.38. The van der Waals surface area contributed by atoms with E-state index >= 15 is 0 Å². The van der Waals surface area contributed by atoms with E-state index in [2.05, 4.69) is 17.0 Å². The van der Waals surface area contributed by atoms with E-state index in [1.807, 2.05) is 0 Å². The number of nitrogens with one attached hydrogen (secondary N) is 1. The maximum absolute atomic E-state index is 12.0. The van der Waals surface area contributed by atoms with E-state index in [4.69, 9.17) is 5.11 Å². The highest BCUT2D eigenvalue weighted by Crippen LogP contribution is 2.12. The van der Waals surface area contributed by atoms with Gasteiger partial charge in [-0.05, 0) is 20.3 Å². The van der Waals surface area contributed by atoms with Crippen molar-refractivity contribution in [2.45, 2.75) is 26.3 Å². The SMILES string of the molecule is C=CCC(NC(=O)c1c(C)nn(C)c1C)C(=O)O. The van der Waals surface area contributed by atoms with Gasteiger partial charge in [-0.15, -0.1) is 6.58 Å². The summed E-state index contributed by atoms with van der Waals surface area (Å²) in [7, 11) is 1.73. The van der Waals surface area contributed by atoms with Crippen molar-refractivity contribution in [3.63, 3.8) is 0 Å². The minimum atomic E-state index is -1.08. The monoisotopic (exact) mass is 251 g/mol. The van der Waals surface area contributed by atoms with Crippen LogP contribution in [-0.4, -0.2) is 32.8 Å². The second-order valence-corrected chi connectivity index (χ2v) is 4.06. The van der Waals surface area contributed by atoms with Gasteiger partial charge in [0.25, 0.3) is 5.91 Å². The van der Waals surface area contributed by atoms with Gasteiger partial charge in [0.1, 0.15) is 6.04 Å². The van der Waals surface area contributed by atoms with E-state index in [0.29, 0.717) is 17.0 Å². The zero-order valence-electron chi connectivity index (χ0n) is 10.7. The molecule has 0 radical (unpaired) electrons. The van der Waals surface area contributed by atoms with Crippen LogP contribution in [0.5, 0.6) is 0 Å². The third-order valence-corrected chi connectivity index (χ3v) is 2.74. The summed E-state index contributed by atoms with van der Waals surface area (Å²) in [5.41, 5.74) is 1.70. The zero-order chi connectivity index (χ0) is 13.9. The van der Waals surface area contributed by atoms with Gasteiger partial charge in [-0.2, -0.15) is 5.10 Å². The Hall–Kier alpha value is -2.11. The molecule has 0 aromatic carbocycles. The van der Waals surface area contributed by atoms with Gasteiger partial charge >= 0.3 is 5.97 Å².